The number of aryl methyl sites for hydroxylation is 1. The van der Waals surface area contributed by atoms with Crippen molar-refractivity contribution in [2.75, 3.05) is 38.0 Å². The van der Waals surface area contributed by atoms with Crippen molar-refractivity contribution in [1.29, 1.82) is 0 Å². The van der Waals surface area contributed by atoms with Crippen molar-refractivity contribution < 1.29 is 28.7 Å². The molecule has 1 unspecified atom stereocenters. The average Bonchev–Trinajstić information content (AvgIpc) is 3.25. The molecule has 2 amide bonds. The zero-order valence-electron chi connectivity index (χ0n) is 35.8. The molecule has 0 aliphatic carbocycles. The number of carbonyl (C=O) groups is 3. The molecule has 0 radical (unpaired) electrons. The lowest BCUT2D eigenvalue weighted by molar-refractivity contribution is -0.237. The van der Waals surface area contributed by atoms with Crippen LogP contribution in [-0.4, -0.2) is 78.4 Å². The maximum absolute atomic E-state index is 14.5. The largest absolute Gasteiger partial charge is 0.466 e. The third kappa shape index (κ3) is 13.6. The van der Waals surface area contributed by atoms with E-state index >= 15 is 0 Å². The molecule has 318 valence electrons. The number of carbonyl (C=O) groups excluding carboxylic acids is 3. The van der Waals surface area contributed by atoms with Gasteiger partial charge in [-0.2, -0.15) is 16.8 Å². The summed E-state index contributed by atoms with van der Waals surface area (Å²) in [5, 5.41) is 7.84. The minimum absolute atomic E-state index is 0.0708. The van der Waals surface area contributed by atoms with E-state index in [1.165, 1.54) is 12.2 Å². The Morgan fingerprint density at radius 1 is 0.797 bits per heavy atom. The number of amides is 2. The maximum atomic E-state index is 14.5. The number of nitrogens with zero attached hydrogens (tertiary/aromatic N) is 1. The fourth-order valence-electron chi connectivity index (χ4n) is 6.79. The fourth-order valence-corrected chi connectivity index (χ4v) is 8.85. The first kappa shape index (κ1) is 47.4. The van der Waals surface area contributed by atoms with E-state index in [-0.39, 0.29) is 31.9 Å². The number of methoxy groups -OCH3 is 1. The Balaban J connectivity index is 1.79. The van der Waals surface area contributed by atoms with E-state index in [1.807, 2.05) is 112 Å². The lowest BCUT2D eigenvalue weighted by atomic mass is 9.84. The van der Waals surface area contributed by atoms with Crippen LogP contribution in [0.5, 0.6) is 0 Å². The lowest BCUT2D eigenvalue weighted by Gasteiger charge is -2.42. The third-order valence-electron chi connectivity index (χ3n) is 10.2. The molecule has 0 saturated carbocycles. The van der Waals surface area contributed by atoms with Gasteiger partial charge in [-0.25, -0.2) is 9.59 Å². The molecule has 4 aromatic carbocycles. The van der Waals surface area contributed by atoms with Crippen LogP contribution < -0.4 is 10.6 Å². The standard InChI is InChI=1S/C48H63N3O6S2/c1-8-37(2)31-33-56-51(43(52)30-29-38-21-13-9-14-22-38)47(32-34-58-7,44(53)55-6)49-35-42(50-45(54)57-46(3,4)5)36-59-48(39-23-15-10-16-24-39,40-25-17-11-18-26-40)41-27-19-12-20-28-41/h9-28,37,42,49H,8,29-36H2,1-7H3,(H,50,54)/t37-,42?,47-/m0/s1. The summed E-state index contributed by atoms with van der Waals surface area (Å²) >= 11 is 3.23. The predicted molar refractivity (Wildman–Crippen MR) is 242 cm³/mol. The van der Waals surface area contributed by atoms with Gasteiger partial charge >= 0.3 is 12.1 Å². The van der Waals surface area contributed by atoms with Crippen LogP contribution in [0.25, 0.3) is 0 Å². The molecule has 3 atom stereocenters. The molecule has 0 fully saturated rings. The van der Waals surface area contributed by atoms with Gasteiger partial charge in [-0.3, -0.25) is 14.9 Å². The molecule has 9 nitrogen and oxygen atoms in total. The van der Waals surface area contributed by atoms with Crippen LogP contribution in [-0.2, 0) is 35.1 Å². The highest BCUT2D eigenvalue weighted by atomic mass is 32.2. The number of hydrogen-bond acceptors (Lipinski definition) is 9. The van der Waals surface area contributed by atoms with Gasteiger partial charge in [0.15, 0.2) is 0 Å². The number of esters is 1. The Morgan fingerprint density at radius 3 is 1.80 bits per heavy atom. The second-order valence-electron chi connectivity index (χ2n) is 15.7. The van der Waals surface area contributed by atoms with Crippen molar-refractivity contribution in [1.82, 2.24) is 15.7 Å². The smallest absolute Gasteiger partial charge is 0.407 e. The Hall–Kier alpha value is -4.29. The Morgan fingerprint density at radius 2 is 1.32 bits per heavy atom. The molecule has 0 aliphatic heterocycles. The number of hydrogen-bond donors (Lipinski definition) is 2. The molecule has 4 rings (SSSR count). The van der Waals surface area contributed by atoms with Gasteiger partial charge < -0.3 is 14.8 Å². The number of ether oxygens (including phenoxy) is 2. The zero-order chi connectivity index (χ0) is 42.7. The first-order valence-corrected chi connectivity index (χ1v) is 22.9. The summed E-state index contributed by atoms with van der Waals surface area (Å²) in [5.41, 5.74) is 1.74. The summed E-state index contributed by atoms with van der Waals surface area (Å²) in [4.78, 5) is 48.8. The van der Waals surface area contributed by atoms with Crippen LogP contribution in [0.1, 0.15) is 82.6 Å². The molecule has 4 aromatic rings. The zero-order valence-corrected chi connectivity index (χ0v) is 37.4. The number of thioether (sulfide) groups is 2. The summed E-state index contributed by atoms with van der Waals surface area (Å²) in [6.45, 7) is 10.0. The van der Waals surface area contributed by atoms with E-state index in [2.05, 4.69) is 60.9 Å². The molecule has 11 heteroatoms. The van der Waals surface area contributed by atoms with Crippen molar-refractivity contribution in [3.05, 3.63) is 144 Å². The SMILES string of the molecule is CC[C@H](C)CCON(C(=O)CCc1ccccc1)[C@](CCSC)(NCC(CSC(c1ccccc1)(c1ccccc1)c1ccccc1)NC(=O)OC(C)(C)C)C(=O)OC. The highest BCUT2D eigenvalue weighted by molar-refractivity contribution is 8.00. The number of nitrogens with one attached hydrogen (secondary N) is 2. The number of benzene rings is 4. The highest BCUT2D eigenvalue weighted by Crippen LogP contribution is 2.48. The Labute approximate surface area is 360 Å². The van der Waals surface area contributed by atoms with E-state index in [1.54, 1.807) is 23.5 Å². The normalized spacial score (nSPS) is 13.7. The van der Waals surface area contributed by atoms with E-state index in [0.29, 0.717) is 30.3 Å². The van der Waals surface area contributed by atoms with Gasteiger partial charge in [-0.15, -0.1) is 11.8 Å². The number of rotatable bonds is 23. The lowest BCUT2D eigenvalue weighted by Crippen LogP contribution is -2.68. The second kappa shape index (κ2) is 23.5. The van der Waals surface area contributed by atoms with Gasteiger partial charge in [0, 0.05) is 25.1 Å². The summed E-state index contributed by atoms with van der Waals surface area (Å²) in [7, 11) is 1.32. The van der Waals surface area contributed by atoms with E-state index in [9.17, 15) is 14.4 Å². The number of hydroxylamine groups is 2. The molecule has 0 aliphatic rings. The molecule has 0 bridgehead atoms. The van der Waals surface area contributed by atoms with E-state index in [4.69, 9.17) is 14.3 Å². The van der Waals surface area contributed by atoms with Gasteiger partial charge in [-0.05, 0) is 73.8 Å². The van der Waals surface area contributed by atoms with Gasteiger partial charge in [-0.1, -0.05) is 142 Å². The molecule has 0 aromatic heterocycles. The summed E-state index contributed by atoms with van der Waals surface area (Å²) in [6, 6.07) is 40.2. The predicted octanol–water partition coefficient (Wildman–Crippen LogP) is 9.65. The maximum Gasteiger partial charge on any atom is 0.407 e. The van der Waals surface area contributed by atoms with Crippen molar-refractivity contribution in [3.63, 3.8) is 0 Å². The molecule has 59 heavy (non-hydrogen) atoms. The summed E-state index contributed by atoms with van der Waals surface area (Å²) in [6.07, 6.45) is 3.76. The molecule has 2 N–H and O–H groups in total. The first-order chi connectivity index (χ1) is 28.4. The summed E-state index contributed by atoms with van der Waals surface area (Å²) in [5.74, 6) is 0.235. The average molecular weight is 842 g/mol. The molecule has 0 saturated heterocycles. The van der Waals surface area contributed by atoms with Gasteiger partial charge in [0.1, 0.15) is 5.60 Å². The monoisotopic (exact) mass is 841 g/mol. The van der Waals surface area contributed by atoms with Crippen LogP contribution in [0.4, 0.5) is 4.79 Å². The molecule has 0 heterocycles. The second-order valence-corrected chi connectivity index (χ2v) is 17.9. The van der Waals surface area contributed by atoms with Crippen LogP contribution in [0.15, 0.2) is 121 Å². The quantitative estimate of drug-likeness (QED) is 0.0327. The topological polar surface area (TPSA) is 106 Å². The van der Waals surface area contributed by atoms with Gasteiger partial charge in [0.05, 0.1) is 24.5 Å². The van der Waals surface area contributed by atoms with Crippen molar-refractivity contribution in [2.24, 2.45) is 5.92 Å². The van der Waals surface area contributed by atoms with Crippen LogP contribution in [0.3, 0.4) is 0 Å². The van der Waals surface area contributed by atoms with Crippen LogP contribution >= 0.6 is 23.5 Å². The molecular formula is C48H63N3O6S2. The first-order valence-electron chi connectivity index (χ1n) is 20.5. The Bertz CT molecular complexity index is 1750. The molecule has 0 spiro atoms. The van der Waals surface area contributed by atoms with Crippen molar-refractivity contribution in [2.45, 2.75) is 88.8 Å². The Kier molecular flexibility index (Phi) is 18.9. The van der Waals surface area contributed by atoms with E-state index < -0.39 is 34.1 Å². The fraction of sp³-hybridized carbons (Fsp3) is 0.438. The van der Waals surface area contributed by atoms with Crippen LogP contribution in [0.2, 0.25) is 0 Å². The molecular weight excluding hydrogens is 779 g/mol. The highest BCUT2D eigenvalue weighted by Gasteiger charge is 2.49. The van der Waals surface area contributed by atoms with Crippen molar-refractivity contribution in [3.8, 4) is 0 Å². The third-order valence-corrected chi connectivity index (χ3v) is 12.5. The van der Waals surface area contributed by atoms with Crippen molar-refractivity contribution >= 4 is 41.5 Å². The minimum Gasteiger partial charge on any atom is -0.466 e. The van der Waals surface area contributed by atoms with Gasteiger partial charge in [0.2, 0.25) is 11.6 Å². The van der Waals surface area contributed by atoms with Gasteiger partial charge in [0.25, 0.3) is 0 Å². The summed E-state index contributed by atoms with van der Waals surface area (Å²) < 4.78 is 10.6. The van der Waals surface area contributed by atoms with Crippen LogP contribution in [0, 0.1) is 5.92 Å². The van der Waals surface area contributed by atoms with E-state index in [0.717, 1.165) is 28.7 Å². The minimum atomic E-state index is -1.71. The number of alkyl carbamates (subject to hydrolysis) is 1.